The average molecular weight is 432 g/mol. The number of carbonyl (C=O) groups is 1. The van der Waals surface area contributed by atoms with Crippen molar-refractivity contribution in [3.8, 4) is 17.0 Å². The van der Waals surface area contributed by atoms with Gasteiger partial charge in [-0.05, 0) is 35.7 Å². The molecular formula is C20H21N3O4S2. The Hall–Kier alpha value is -2.91. The number of aromatic nitrogens is 1. The van der Waals surface area contributed by atoms with Crippen molar-refractivity contribution in [3.05, 3.63) is 59.0 Å². The summed E-state index contributed by atoms with van der Waals surface area (Å²) < 4.78 is 25.0. The van der Waals surface area contributed by atoms with Crippen LogP contribution in [0.5, 0.6) is 5.75 Å². The number of nitrogens with zero attached hydrogens (tertiary/aromatic N) is 1. The van der Waals surface area contributed by atoms with E-state index in [1.165, 1.54) is 17.4 Å². The van der Waals surface area contributed by atoms with Gasteiger partial charge in [0.25, 0.3) is 5.91 Å². The lowest BCUT2D eigenvalue weighted by molar-refractivity contribution is 0.102. The van der Waals surface area contributed by atoms with Crippen LogP contribution in [0.2, 0.25) is 0 Å². The lowest BCUT2D eigenvalue weighted by atomic mass is 10.00. The molecule has 0 atom stereocenters. The quantitative estimate of drug-likeness (QED) is 0.540. The summed E-state index contributed by atoms with van der Waals surface area (Å²) in [5.41, 5.74) is 3.04. The Balaban J connectivity index is 1.75. The number of sulfonamides is 1. The number of nitrogens with one attached hydrogen (secondary N) is 2. The van der Waals surface area contributed by atoms with Crippen LogP contribution in [0.4, 0.5) is 10.8 Å². The summed E-state index contributed by atoms with van der Waals surface area (Å²) in [6.07, 6.45) is 1.09. The first kappa shape index (κ1) is 20.8. The van der Waals surface area contributed by atoms with Gasteiger partial charge in [-0.15, -0.1) is 11.3 Å². The Bertz CT molecular complexity index is 1140. The van der Waals surface area contributed by atoms with Crippen LogP contribution in [-0.4, -0.2) is 30.7 Å². The maximum atomic E-state index is 12.6. The van der Waals surface area contributed by atoms with Crippen molar-refractivity contribution in [3.63, 3.8) is 0 Å². The molecule has 3 aromatic rings. The van der Waals surface area contributed by atoms with E-state index in [4.69, 9.17) is 0 Å². The van der Waals surface area contributed by atoms with Gasteiger partial charge in [-0.1, -0.05) is 32.0 Å². The first-order valence-corrected chi connectivity index (χ1v) is 11.6. The van der Waals surface area contributed by atoms with Crippen LogP contribution >= 0.6 is 11.3 Å². The summed E-state index contributed by atoms with van der Waals surface area (Å²) in [6, 6.07) is 11.8. The van der Waals surface area contributed by atoms with E-state index < -0.39 is 15.9 Å². The number of phenols is 1. The van der Waals surface area contributed by atoms with Gasteiger partial charge in [0.2, 0.25) is 10.0 Å². The van der Waals surface area contributed by atoms with E-state index in [-0.39, 0.29) is 17.2 Å². The Morgan fingerprint density at radius 1 is 1.14 bits per heavy atom. The van der Waals surface area contributed by atoms with Gasteiger partial charge in [0.05, 0.1) is 17.5 Å². The molecule has 1 aromatic heterocycles. The van der Waals surface area contributed by atoms with Gasteiger partial charge in [0, 0.05) is 16.6 Å². The van der Waals surface area contributed by atoms with Gasteiger partial charge >= 0.3 is 0 Å². The predicted molar refractivity (Wildman–Crippen MR) is 116 cm³/mol. The van der Waals surface area contributed by atoms with Gasteiger partial charge in [-0.25, -0.2) is 13.4 Å². The van der Waals surface area contributed by atoms with Crippen LogP contribution in [-0.2, 0) is 10.0 Å². The van der Waals surface area contributed by atoms with Crippen LogP contribution < -0.4 is 10.0 Å². The Morgan fingerprint density at radius 3 is 2.45 bits per heavy atom. The van der Waals surface area contributed by atoms with Crippen LogP contribution in [0.3, 0.4) is 0 Å². The highest BCUT2D eigenvalue weighted by Crippen LogP contribution is 2.28. The second-order valence-electron chi connectivity index (χ2n) is 6.87. The SMILES string of the molecule is CC(C)c1ccc(O)c(C(=O)Nc2nc(-c3ccc(NS(C)(=O)=O)cc3)cs2)c1. The minimum absolute atomic E-state index is 0.0855. The predicted octanol–water partition coefficient (Wildman–Crippen LogP) is 4.26. The minimum atomic E-state index is -3.33. The number of hydrogen-bond acceptors (Lipinski definition) is 6. The molecule has 1 heterocycles. The summed E-state index contributed by atoms with van der Waals surface area (Å²) >= 11 is 1.26. The fourth-order valence-electron chi connectivity index (χ4n) is 2.65. The molecule has 0 spiro atoms. The fourth-order valence-corrected chi connectivity index (χ4v) is 3.92. The third kappa shape index (κ3) is 5.33. The molecular weight excluding hydrogens is 410 g/mol. The van der Waals surface area contributed by atoms with Crippen LogP contribution in [0.25, 0.3) is 11.3 Å². The average Bonchev–Trinajstić information content (AvgIpc) is 3.09. The number of carbonyl (C=O) groups excluding carboxylic acids is 1. The third-order valence-electron chi connectivity index (χ3n) is 4.14. The number of aromatic hydroxyl groups is 1. The van der Waals surface area contributed by atoms with E-state index >= 15 is 0 Å². The molecule has 0 radical (unpaired) electrons. The van der Waals surface area contributed by atoms with Crippen molar-refractivity contribution < 1.29 is 18.3 Å². The van der Waals surface area contributed by atoms with Gasteiger partial charge in [-0.2, -0.15) is 0 Å². The number of phenolic OH excluding ortho intramolecular Hbond substituents is 1. The van der Waals surface area contributed by atoms with Crippen molar-refractivity contribution in [2.45, 2.75) is 19.8 Å². The highest BCUT2D eigenvalue weighted by molar-refractivity contribution is 7.92. The molecule has 0 unspecified atom stereocenters. The van der Waals surface area contributed by atoms with E-state index in [9.17, 15) is 18.3 Å². The number of benzene rings is 2. The molecule has 3 rings (SSSR count). The zero-order valence-electron chi connectivity index (χ0n) is 16.1. The van der Waals surface area contributed by atoms with E-state index in [2.05, 4.69) is 15.0 Å². The van der Waals surface area contributed by atoms with Crippen molar-refractivity contribution in [2.75, 3.05) is 16.3 Å². The highest BCUT2D eigenvalue weighted by Gasteiger charge is 2.15. The van der Waals surface area contributed by atoms with Crippen molar-refractivity contribution in [2.24, 2.45) is 0 Å². The molecule has 0 aliphatic carbocycles. The molecule has 152 valence electrons. The Labute approximate surface area is 173 Å². The van der Waals surface area contributed by atoms with Crippen molar-refractivity contribution in [1.82, 2.24) is 4.98 Å². The largest absolute Gasteiger partial charge is 0.507 e. The monoisotopic (exact) mass is 431 g/mol. The van der Waals surface area contributed by atoms with E-state index in [0.717, 1.165) is 17.4 Å². The van der Waals surface area contributed by atoms with Gasteiger partial charge in [-0.3, -0.25) is 14.8 Å². The highest BCUT2D eigenvalue weighted by atomic mass is 32.2. The molecule has 0 aliphatic rings. The molecule has 7 nitrogen and oxygen atoms in total. The van der Waals surface area contributed by atoms with Crippen molar-refractivity contribution >= 4 is 38.1 Å². The summed E-state index contributed by atoms with van der Waals surface area (Å²) in [7, 11) is -3.33. The smallest absolute Gasteiger partial charge is 0.261 e. The maximum Gasteiger partial charge on any atom is 0.261 e. The molecule has 3 N–H and O–H groups in total. The maximum absolute atomic E-state index is 12.6. The van der Waals surface area contributed by atoms with Crippen LogP contribution in [0, 0.1) is 0 Å². The number of thiazole rings is 1. The lowest BCUT2D eigenvalue weighted by Crippen LogP contribution is -2.12. The fraction of sp³-hybridized carbons (Fsp3) is 0.200. The summed E-state index contributed by atoms with van der Waals surface area (Å²) in [5, 5.41) is 14.9. The normalized spacial score (nSPS) is 11.4. The standard InChI is InChI=1S/C20H21N3O4S2/c1-12(2)14-6-9-18(24)16(10-14)19(25)22-20-21-17(11-28-20)13-4-7-15(8-5-13)23-29(3,26)27/h4-12,23-24H,1-3H3,(H,21,22,25). The zero-order chi connectivity index (χ0) is 21.2. The van der Waals surface area contributed by atoms with Gasteiger partial charge in [0.1, 0.15) is 5.75 Å². The molecule has 0 aliphatic heterocycles. The number of anilines is 2. The lowest BCUT2D eigenvalue weighted by Gasteiger charge is -2.09. The summed E-state index contributed by atoms with van der Waals surface area (Å²) in [5.74, 6) is -0.287. The van der Waals surface area contributed by atoms with Crippen LogP contribution in [0.15, 0.2) is 47.8 Å². The number of rotatable bonds is 6. The molecule has 9 heteroatoms. The number of amides is 1. The first-order chi connectivity index (χ1) is 13.6. The number of hydrogen-bond donors (Lipinski definition) is 3. The topological polar surface area (TPSA) is 108 Å². The molecule has 0 saturated heterocycles. The first-order valence-electron chi connectivity index (χ1n) is 8.80. The van der Waals surface area contributed by atoms with E-state index in [1.807, 2.05) is 13.8 Å². The summed E-state index contributed by atoms with van der Waals surface area (Å²) in [4.78, 5) is 17.0. The third-order valence-corrected chi connectivity index (χ3v) is 5.50. The molecule has 2 aromatic carbocycles. The zero-order valence-corrected chi connectivity index (χ0v) is 17.8. The van der Waals surface area contributed by atoms with Gasteiger partial charge < -0.3 is 5.11 Å². The Morgan fingerprint density at radius 2 is 1.83 bits per heavy atom. The second-order valence-corrected chi connectivity index (χ2v) is 9.48. The van der Waals surface area contributed by atoms with Crippen molar-refractivity contribution in [1.29, 1.82) is 0 Å². The molecule has 1 amide bonds. The van der Waals surface area contributed by atoms with E-state index in [1.54, 1.807) is 41.8 Å². The molecule has 0 saturated carbocycles. The van der Waals surface area contributed by atoms with Crippen LogP contribution in [0.1, 0.15) is 35.7 Å². The van der Waals surface area contributed by atoms with Gasteiger partial charge in [0.15, 0.2) is 5.13 Å². The summed E-state index contributed by atoms with van der Waals surface area (Å²) in [6.45, 7) is 4.02. The molecule has 29 heavy (non-hydrogen) atoms. The molecule has 0 fully saturated rings. The minimum Gasteiger partial charge on any atom is -0.507 e. The molecule has 0 bridgehead atoms. The second kappa shape index (κ2) is 8.22. The Kier molecular flexibility index (Phi) is 5.90. The van der Waals surface area contributed by atoms with E-state index in [0.29, 0.717) is 16.5 Å².